The lowest BCUT2D eigenvalue weighted by Crippen LogP contribution is -2.41. The van der Waals surface area contributed by atoms with E-state index in [1.807, 2.05) is 30.3 Å². The minimum Gasteiger partial charge on any atom is -0.354 e. The van der Waals surface area contributed by atoms with Crippen LogP contribution in [0.1, 0.15) is 25.8 Å². The number of alkyl halides is 1. The van der Waals surface area contributed by atoms with Gasteiger partial charge in [-0.25, -0.2) is 0 Å². The van der Waals surface area contributed by atoms with Crippen LogP contribution in [0.25, 0.3) is 0 Å². The van der Waals surface area contributed by atoms with E-state index in [1.54, 1.807) is 13.8 Å². The van der Waals surface area contributed by atoms with Gasteiger partial charge < -0.3 is 10.6 Å². The van der Waals surface area contributed by atoms with E-state index in [1.165, 1.54) is 0 Å². The molecule has 2 N–H and O–H groups in total. The molecule has 4 nitrogen and oxygen atoms in total. The molecule has 0 bridgehead atoms. The summed E-state index contributed by atoms with van der Waals surface area (Å²) in [6.45, 7) is 4.41. The molecule has 0 saturated heterocycles. The molecule has 0 aliphatic heterocycles. The first-order valence-corrected chi connectivity index (χ1v) is 7.64. The fourth-order valence-electron chi connectivity index (χ4n) is 1.67. The molecule has 0 fully saturated rings. The largest absolute Gasteiger partial charge is 0.354 e. The Kier molecular flexibility index (Phi) is 7.23. The van der Waals surface area contributed by atoms with Crippen LogP contribution < -0.4 is 10.6 Å². The van der Waals surface area contributed by atoms with Crippen LogP contribution in [0, 0.1) is 5.41 Å². The average molecular weight is 311 g/mol. The fraction of sp³-hybridized carbons (Fsp3) is 0.500. The van der Waals surface area contributed by atoms with Gasteiger partial charge in [-0.2, -0.15) is 0 Å². The number of amides is 2. The van der Waals surface area contributed by atoms with Crippen molar-refractivity contribution in [3.05, 3.63) is 35.9 Å². The molecule has 2 amide bonds. The summed E-state index contributed by atoms with van der Waals surface area (Å²) < 4.78 is 0. The van der Waals surface area contributed by atoms with Gasteiger partial charge >= 0.3 is 0 Å². The summed E-state index contributed by atoms with van der Waals surface area (Å²) in [6.07, 6.45) is 1.17. The number of carbonyl (C=O) groups is 2. The molecule has 0 radical (unpaired) electrons. The molecular weight excluding hydrogens is 288 g/mol. The van der Waals surface area contributed by atoms with Crippen molar-refractivity contribution in [2.24, 2.45) is 5.41 Å². The lowest BCUT2D eigenvalue weighted by molar-refractivity contribution is -0.128. The van der Waals surface area contributed by atoms with Crippen molar-refractivity contribution >= 4 is 23.4 Å². The summed E-state index contributed by atoms with van der Waals surface area (Å²) >= 11 is 5.72. The van der Waals surface area contributed by atoms with Crippen molar-refractivity contribution in [3.63, 3.8) is 0 Å². The Morgan fingerprint density at radius 2 is 1.71 bits per heavy atom. The van der Waals surface area contributed by atoms with Crippen molar-refractivity contribution in [2.75, 3.05) is 19.0 Å². The number of halogens is 1. The van der Waals surface area contributed by atoms with Gasteiger partial charge in [0.15, 0.2) is 0 Å². The summed E-state index contributed by atoms with van der Waals surface area (Å²) in [5.41, 5.74) is 0.559. The number of hydrogen-bond donors (Lipinski definition) is 2. The first-order chi connectivity index (χ1) is 9.95. The predicted molar refractivity (Wildman–Crippen MR) is 85.3 cm³/mol. The van der Waals surface area contributed by atoms with E-state index in [0.29, 0.717) is 19.5 Å². The van der Waals surface area contributed by atoms with Gasteiger partial charge in [-0.15, -0.1) is 11.6 Å². The minimum atomic E-state index is -0.584. The first-order valence-electron chi connectivity index (χ1n) is 7.10. The number of carbonyl (C=O) groups excluding carboxylic acids is 2. The Morgan fingerprint density at radius 1 is 1.10 bits per heavy atom. The number of benzene rings is 1. The molecule has 0 aliphatic rings. The standard InChI is InChI=1S/C16H23ClN2O2/c1-16(2,12-17)15(21)19-11-10-18-14(20)9-8-13-6-4-3-5-7-13/h3-7H,8-12H2,1-2H3,(H,18,20)(H,19,21). The Morgan fingerprint density at radius 3 is 2.33 bits per heavy atom. The van der Waals surface area contributed by atoms with Crippen LogP contribution in [0.3, 0.4) is 0 Å². The zero-order chi connectivity index (χ0) is 15.7. The second-order valence-electron chi connectivity index (χ2n) is 5.61. The summed E-state index contributed by atoms with van der Waals surface area (Å²) in [4.78, 5) is 23.4. The van der Waals surface area contributed by atoms with E-state index in [-0.39, 0.29) is 17.7 Å². The highest BCUT2D eigenvalue weighted by Crippen LogP contribution is 2.16. The van der Waals surface area contributed by atoms with Gasteiger partial charge in [0, 0.05) is 25.4 Å². The van der Waals surface area contributed by atoms with Crippen LogP contribution in [0.4, 0.5) is 0 Å². The number of rotatable bonds is 8. The summed E-state index contributed by atoms with van der Waals surface area (Å²) in [6, 6.07) is 9.88. The fourth-order valence-corrected chi connectivity index (χ4v) is 1.79. The monoisotopic (exact) mass is 310 g/mol. The molecule has 0 atom stereocenters. The Labute approximate surface area is 131 Å². The third kappa shape index (κ3) is 6.63. The van der Waals surface area contributed by atoms with Gasteiger partial charge in [-0.05, 0) is 25.8 Å². The van der Waals surface area contributed by atoms with Crippen molar-refractivity contribution in [3.8, 4) is 0 Å². The lowest BCUT2D eigenvalue weighted by atomic mass is 9.95. The van der Waals surface area contributed by atoms with E-state index in [4.69, 9.17) is 11.6 Å². The lowest BCUT2D eigenvalue weighted by Gasteiger charge is -2.20. The van der Waals surface area contributed by atoms with Crippen molar-refractivity contribution in [2.45, 2.75) is 26.7 Å². The normalized spacial score (nSPS) is 11.0. The van der Waals surface area contributed by atoms with E-state index in [2.05, 4.69) is 10.6 Å². The number of nitrogens with one attached hydrogen (secondary N) is 2. The third-order valence-corrected chi connectivity index (χ3v) is 3.83. The maximum atomic E-state index is 11.7. The highest BCUT2D eigenvalue weighted by Gasteiger charge is 2.25. The third-order valence-electron chi connectivity index (χ3n) is 3.17. The van der Waals surface area contributed by atoms with E-state index in [9.17, 15) is 9.59 Å². The van der Waals surface area contributed by atoms with E-state index in [0.717, 1.165) is 12.0 Å². The molecule has 0 aromatic heterocycles. The highest BCUT2D eigenvalue weighted by atomic mass is 35.5. The molecule has 1 aromatic rings. The molecule has 0 heterocycles. The zero-order valence-corrected chi connectivity index (χ0v) is 13.4. The smallest absolute Gasteiger partial charge is 0.226 e. The zero-order valence-electron chi connectivity index (χ0n) is 12.6. The van der Waals surface area contributed by atoms with Crippen molar-refractivity contribution in [1.82, 2.24) is 10.6 Å². The Hall–Kier alpha value is -1.55. The molecule has 116 valence electrons. The molecule has 1 rings (SSSR count). The molecule has 21 heavy (non-hydrogen) atoms. The first kappa shape index (κ1) is 17.5. The Bertz CT molecular complexity index is 461. The summed E-state index contributed by atoms with van der Waals surface area (Å²) in [5.74, 6) is 0.156. The van der Waals surface area contributed by atoms with Gasteiger partial charge in [0.25, 0.3) is 0 Å². The Balaban J connectivity index is 2.15. The maximum absolute atomic E-state index is 11.7. The second kappa shape index (κ2) is 8.67. The van der Waals surface area contributed by atoms with Crippen LogP contribution in [0.2, 0.25) is 0 Å². The molecular formula is C16H23ClN2O2. The maximum Gasteiger partial charge on any atom is 0.226 e. The van der Waals surface area contributed by atoms with Crippen LogP contribution in [0.5, 0.6) is 0 Å². The number of hydrogen-bond acceptors (Lipinski definition) is 2. The molecule has 1 aromatic carbocycles. The summed E-state index contributed by atoms with van der Waals surface area (Å²) in [7, 11) is 0. The van der Waals surface area contributed by atoms with E-state index < -0.39 is 5.41 Å². The van der Waals surface area contributed by atoms with Gasteiger partial charge in [0.1, 0.15) is 0 Å². The topological polar surface area (TPSA) is 58.2 Å². The quantitative estimate of drug-likeness (QED) is 0.571. The molecule has 5 heteroatoms. The highest BCUT2D eigenvalue weighted by molar-refractivity contribution is 6.19. The van der Waals surface area contributed by atoms with Gasteiger partial charge in [0.05, 0.1) is 5.41 Å². The van der Waals surface area contributed by atoms with E-state index >= 15 is 0 Å². The van der Waals surface area contributed by atoms with Crippen LogP contribution in [-0.4, -0.2) is 30.8 Å². The second-order valence-corrected chi connectivity index (χ2v) is 5.88. The van der Waals surface area contributed by atoms with Crippen LogP contribution in [-0.2, 0) is 16.0 Å². The predicted octanol–water partition coefficient (Wildman–Crippen LogP) is 2.12. The van der Waals surface area contributed by atoms with Crippen LogP contribution in [0.15, 0.2) is 30.3 Å². The van der Waals surface area contributed by atoms with Crippen LogP contribution >= 0.6 is 11.6 Å². The van der Waals surface area contributed by atoms with Gasteiger partial charge in [0.2, 0.25) is 11.8 Å². The minimum absolute atomic E-state index is 0.00953. The van der Waals surface area contributed by atoms with Gasteiger partial charge in [-0.3, -0.25) is 9.59 Å². The molecule has 0 unspecified atom stereocenters. The molecule has 0 spiro atoms. The molecule has 0 aliphatic carbocycles. The van der Waals surface area contributed by atoms with Crippen molar-refractivity contribution < 1.29 is 9.59 Å². The van der Waals surface area contributed by atoms with Crippen molar-refractivity contribution in [1.29, 1.82) is 0 Å². The average Bonchev–Trinajstić information content (AvgIpc) is 2.50. The molecule has 0 saturated carbocycles. The van der Waals surface area contributed by atoms with Gasteiger partial charge in [-0.1, -0.05) is 30.3 Å². The SMILES string of the molecule is CC(C)(CCl)C(=O)NCCNC(=O)CCc1ccccc1. The number of aryl methyl sites for hydroxylation is 1. The summed E-state index contributed by atoms with van der Waals surface area (Å²) in [5, 5.41) is 5.56.